The second-order valence-corrected chi connectivity index (χ2v) is 6.52. The fraction of sp³-hybridized carbons (Fsp3) is 0.611. The van der Waals surface area contributed by atoms with E-state index in [9.17, 15) is 9.90 Å². The van der Waals surface area contributed by atoms with E-state index in [1.54, 1.807) is 0 Å². The molecule has 2 unspecified atom stereocenters. The third-order valence-electron chi connectivity index (χ3n) is 4.74. The molecule has 1 aromatic carbocycles. The monoisotopic (exact) mass is 319 g/mol. The Morgan fingerprint density at radius 3 is 2.65 bits per heavy atom. The van der Waals surface area contributed by atoms with Crippen LogP contribution in [0.25, 0.3) is 0 Å². The van der Waals surface area contributed by atoms with Gasteiger partial charge in [0.15, 0.2) is 11.5 Å². The average Bonchev–Trinajstić information content (AvgIpc) is 3.08. The molecule has 1 aliphatic heterocycles. The van der Waals surface area contributed by atoms with Gasteiger partial charge >= 0.3 is 0 Å². The second-order valence-electron chi connectivity index (χ2n) is 6.52. The minimum atomic E-state index is -0.233. The van der Waals surface area contributed by atoms with E-state index in [0.717, 1.165) is 29.9 Å². The van der Waals surface area contributed by atoms with E-state index < -0.39 is 0 Å². The van der Waals surface area contributed by atoms with E-state index in [-0.39, 0.29) is 24.5 Å². The summed E-state index contributed by atoms with van der Waals surface area (Å²) in [6, 6.07) is 5.58. The fourth-order valence-electron chi connectivity index (χ4n) is 3.56. The van der Waals surface area contributed by atoms with Gasteiger partial charge in [0.2, 0.25) is 5.91 Å². The Hall–Kier alpha value is -1.75. The number of aliphatic hydroxyl groups excluding tert-OH is 1. The van der Waals surface area contributed by atoms with Crippen molar-refractivity contribution in [1.29, 1.82) is 0 Å². The largest absolute Gasteiger partial charge is 0.486 e. The quantitative estimate of drug-likeness (QED) is 0.873. The lowest BCUT2D eigenvalue weighted by molar-refractivity contribution is -0.124. The molecular weight excluding hydrogens is 294 g/mol. The molecule has 1 saturated carbocycles. The Kier molecular flexibility index (Phi) is 5.06. The van der Waals surface area contributed by atoms with Crippen LogP contribution in [0, 0.1) is 5.92 Å². The number of amides is 1. The lowest BCUT2D eigenvalue weighted by atomic mass is 9.83. The highest BCUT2D eigenvalue weighted by atomic mass is 16.6. The van der Waals surface area contributed by atoms with Crippen LogP contribution in [-0.2, 0) is 4.79 Å². The molecule has 2 atom stereocenters. The van der Waals surface area contributed by atoms with Gasteiger partial charge in [-0.05, 0) is 43.4 Å². The topological polar surface area (TPSA) is 67.8 Å². The van der Waals surface area contributed by atoms with Gasteiger partial charge < -0.3 is 19.9 Å². The zero-order valence-corrected chi connectivity index (χ0v) is 13.6. The average molecular weight is 319 g/mol. The summed E-state index contributed by atoms with van der Waals surface area (Å²) in [5.74, 6) is 1.62. The van der Waals surface area contributed by atoms with Gasteiger partial charge in [0.05, 0.1) is 12.5 Å². The summed E-state index contributed by atoms with van der Waals surface area (Å²) in [7, 11) is 0. The van der Waals surface area contributed by atoms with Crippen molar-refractivity contribution in [3.8, 4) is 11.5 Å². The Morgan fingerprint density at radius 1 is 1.26 bits per heavy atom. The van der Waals surface area contributed by atoms with Gasteiger partial charge in [-0.3, -0.25) is 4.79 Å². The molecule has 1 aromatic rings. The minimum Gasteiger partial charge on any atom is -0.486 e. The normalized spacial score (nSPS) is 20.1. The van der Waals surface area contributed by atoms with E-state index in [1.807, 2.05) is 25.1 Å². The van der Waals surface area contributed by atoms with Gasteiger partial charge in [0.1, 0.15) is 13.2 Å². The number of hydrogen-bond acceptors (Lipinski definition) is 4. The van der Waals surface area contributed by atoms with Gasteiger partial charge in [0.25, 0.3) is 0 Å². The molecule has 1 fully saturated rings. The standard InChI is InChI=1S/C18H25NO4/c1-12(11-20)19-18(21)17(13-4-2-3-5-13)14-6-7-15-16(10-14)23-9-8-22-15/h6-7,10,12-13,17,20H,2-5,8-9,11H2,1H3,(H,19,21). The number of rotatable bonds is 5. The number of aliphatic hydroxyl groups is 1. The van der Waals surface area contributed by atoms with Crippen LogP contribution in [-0.4, -0.2) is 36.9 Å². The van der Waals surface area contributed by atoms with Crippen LogP contribution in [0.4, 0.5) is 0 Å². The molecule has 23 heavy (non-hydrogen) atoms. The molecule has 0 radical (unpaired) electrons. The lowest BCUT2D eigenvalue weighted by Gasteiger charge is -2.26. The summed E-state index contributed by atoms with van der Waals surface area (Å²) < 4.78 is 11.2. The van der Waals surface area contributed by atoms with Crippen LogP contribution in [0.5, 0.6) is 11.5 Å². The minimum absolute atomic E-state index is 0.00451. The predicted molar refractivity (Wildman–Crippen MR) is 86.8 cm³/mol. The number of fused-ring (bicyclic) bond motifs is 1. The Morgan fingerprint density at radius 2 is 1.96 bits per heavy atom. The molecule has 1 amide bonds. The summed E-state index contributed by atoms with van der Waals surface area (Å²) in [4.78, 5) is 12.8. The van der Waals surface area contributed by atoms with Crippen molar-refractivity contribution in [2.75, 3.05) is 19.8 Å². The number of carbonyl (C=O) groups is 1. The number of nitrogens with one attached hydrogen (secondary N) is 1. The first kappa shape index (κ1) is 16.1. The Bertz CT molecular complexity index is 554. The third-order valence-corrected chi connectivity index (χ3v) is 4.74. The molecule has 2 N–H and O–H groups in total. The number of hydrogen-bond donors (Lipinski definition) is 2. The van der Waals surface area contributed by atoms with Crippen LogP contribution in [0.2, 0.25) is 0 Å². The second kappa shape index (κ2) is 7.21. The summed E-state index contributed by atoms with van der Waals surface area (Å²) in [5, 5.41) is 12.1. The maximum Gasteiger partial charge on any atom is 0.228 e. The summed E-state index contributed by atoms with van der Waals surface area (Å²) in [5.41, 5.74) is 0.976. The molecular formula is C18H25NO4. The van der Waals surface area contributed by atoms with Gasteiger partial charge in [-0.25, -0.2) is 0 Å². The van der Waals surface area contributed by atoms with Gasteiger partial charge in [-0.1, -0.05) is 18.9 Å². The van der Waals surface area contributed by atoms with Crippen LogP contribution < -0.4 is 14.8 Å². The van der Waals surface area contributed by atoms with Crippen molar-refractivity contribution >= 4 is 5.91 Å². The van der Waals surface area contributed by atoms with Crippen molar-refractivity contribution in [3.05, 3.63) is 23.8 Å². The fourth-order valence-corrected chi connectivity index (χ4v) is 3.56. The molecule has 3 rings (SSSR count). The molecule has 0 saturated heterocycles. The van der Waals surface area contributed by atoms with Crippen LogP contribution >= 0.6 is 0 Å². The first-order valence-electron chi connectivity index (χ1n) is 8.50. The van der Waals surface area contributed by atoms with E-state index >= 15 is 0 Å². The first-order chi connectivity index (χ1) is 11.2. The molecule has 2 aliphatic rings. The highest BCUT2D eigenvalue weighted by Gasteiger charge is 2.33. The highest BCUT2D eigenvalue weighted by Crippen LogP contribution is 2.40. The Labute approximate surface area is 137 Å². The third kappa shape index (κ3) is 3.61. The molecule has 0 spiro atoms. The van der Waals surface area contributed by atoms with Crippen LogP contribution in [0.15, 0.2) is 18.2 Å². The van der Waals surface area contributed by atoms with Crippen LogP contribution in [0.1, 0.15) is 44.1 Å². The molecule has 0 aromatic heterocycles. The summed E-state index contributed by atoms with van der Waals surface area (Å²) in [6.07, 6.45) is 4.49. The molecule has 126 valence electrons. The summed E-state index contributed by atoms with van der Waals surface area (Å²) in [6.45, 7) is 2.86. The predicted octanol–water partition coefficient (Wildman–Crippen LogP) is 2.23. The molecule has 5 nitrogen and oxygen atoms in total. The van der Waals surface area contributed by atoms with Crippen LogP contribution in [0.3, 0.4) is 0 Å². The smallest absolute Gasteiger partial charge is 0.228 e. The number of benzene rings is 1. The molecule has 5 heteroatoms. The van der Waals surface area contributed by atoms with Gasteiger partial charge in [0, 0.05) is 6.04 Å². The van der Waals surface area contributed by atoms with E-state index in [4.69, 9.17) is 9.47 Å². The molecule has 0 bridgehead atoms. The Balaban J connectivity index is 1.86. The molecule has 1 aliphatic carbocycles. The van der Waals surface area contributed by atoms with E-state index in [2.05, 4.69) is 5.32 Å². The van der Waals surface area contributed by atoms with Crippen molar-refractivity contribution in [2.45, 2.75) is 44.6 Å². The van der Waals surface area contributed by atoms with E-state index in [1.165, 1.54) is 12.8 Å². The molecule has 1 heterocycles. The van der Waals surface area contributed by atoms with Gasteiger partial charge in [-0.2, -0.15) is 0 Å². The zero-order chi connectivity index (χ0) is 16.2. The number of carbonyl (C=O) groups excluding carboxylic acids is 1. The maximum absolute atomic E-state index is 12.8. The van der Waals surface area contributed by atoms with Crippen molar-refractivity contribution in [3.63, 3.8) is 0 Å². The maximum atomic E-state index is 12.8. The van der Waals surface area contributed by atoms with Crippen molar-refractivity contribution in [2.24, 2.45) is 5.92 Å². The first-order valence-corrected chi connectivity index (χ1v) is 8.50. The zero-order valence-electron chi connectivity index (χ0n) is 13.6. The van der Waals surface area contributed by atoms with Crippen molar-refractivity contribution < 1.29 is 19.4 Å². The number of ether oxygens (including phenoxy) is 2. The van der Waals surface area contributed by atoms with Gasteiger partial charge in [-0.15, -0.1) is 0 Å². The highest BCUT2D eigenvalue weighted by molar-refractivity contribution is 5.84. The SMILES string of the molecule is CC(CO)NC(=O)C(c1ccc2c(c1)OCCO2)C1CCCC1. The van der Waals surface area contributed by atoms with E-state index in [0.29, 0.717) is 19.1 Å². The summed E-state index contributed by atoms with van der Waals surface area (Å²) >= 11 is 0. The van der Waals surface area contributed by atoms with Crippen molar-refractivity contribution in [1.82, 2.24) is 5.32 Å². The lowest BCUT2D eigenvalue weighted by Crippen LogP contribution is -2.40.